The monoisotopic (exact) mass is 1790 g/mol. The highest BCUT2D eigenvalue weighted by Crippen LogP contribution is 2.63. The van der Waals surface area contributed by atoms with Crippen LogP contribution in [0.3, 0.4) is 0 Å². The summed E-state index contributed by atoms with van der Waals surface area (Å²) in [7, 11) is 0. The number of aliphatic imine (C=N–C) groups is 3. The Morgan fingerprint density at radius 1 is 0.433 bits per heavy atom. The number of rotatable bonds is 14. The lowest BCUT2D eigenvalue weighted by molar-refractivity contribution is 0.0624. The van der Waals surface area contributed by atoms with E-state index < -0.39 is 88.0 Å². The molecule has 31 nitrogen and oxygen atoms in total. The van der Waals surface area contributed by atoms with Gasteiger partial charge in [-0.2, -0.15) is 22.8 Å². The van der Waals surface area contributed by atoms with Gasteiger partial charge in [0.15, 0.2) is 34.9 Å². The Morgan fingerprint density at radius 2 is 0.787 bits per heavy atom. The summed E-state index contributed by atoms with van der Waals surface area (Å²) in [6, 6.07) is 25.5. The number of hydrogen-bond donors (Lipinski definition) is 3. The minimum absolute atomic E-state index is 0.00250. The first-order valence-corrected chi connectivity index (χ1v) is 40.7. The highest BCUT2D eigenvalue weighted by Gasteiger charge is 2.59. The molecule has 6 aliphatic heterocycles. The van der Waals surface area contributed by atoms with Crippen molar-refractivity contribution < 1.29 is 54.2 Å². The van der Waals surface area contributed by atoms with E-state index in [0.29, 0.717) is 113 Å². The van der Waals surface area contributed by atoms with Crippen LogP contribution in [0.2, 0.25) is 15.1 Å². The van der Waals surface area contributed by atoms with Gasteiger partial charge in [-0.25, -0.2) is 60.9 Å². The molecule has 0 unspecified atom stereocenters. The molecule has 4 N–H and O–H groups in total. The predicted molar refractivity (Wildman–Crippen MR) is 448 cm³/mol. The number of nitrogen functional groups attached to an aromatic ring is 1. The topological polar surface area (TPSA) is 375 Å². The maximum absolute atomic E-state index is 15.3. The maximum atomic E-state index is 15.3. The molecule has 3 fully saturated rings. The van der Waals surface area contributed by atoms with Crippen LogP contribution in [-0.4, -0.2) is 130 Å². The summed E-state index contributed by atoms with van der Waals surface area (Å²) in [4.78, 5) is 92.0. The highest BCUT2D eigenvalue weighted by molar-refractivity contribution is 6.31. The van der Waals surface area contributed by atoms with Gasteiger partial charge in [0.1, 0.15) is 47.7 Å². The van der Waals surface area contributed by atoms with Gasteiger partial charge in [-0.15, -0.1) is 15.3 Å². The molecule has 12 heterocycles. The number of halogens is 11. The van der Waals surface area contributed by atoms with Gasteiger partial charge >= 0.3 is 12.2 Å². The second kappa shape index (κ2) is 31.3. The summed E-state index contributed by atoms with van der Waals surface area (Å²) in [5.74, 6) is -7.54. The Labute approximate surface area is 726 Å². The zero-order valence-corrected chi connectivity index (χ0v) is 69.4. The summed E-state index contributed by atoms with van der Waals surface area (Å²) < 4.78 is 138. The van der Waals surface area contributed by atoms with Gasteiger partial charge in [0, 0.05) is 138 Å². The van der Waals surface area contributed by atoms with Crippen LogP contribution >= 0.6 is 34.8 Å². The molecule has 12 aromatic rings. The van der Waals surface area contributed by atoms with E-state index in [0.717, 1.165) is 18.9 Å². The van der Waals surface area contributed by atoms with Crippen molar-refractivity contribution >= 4 is 97.9 Å². The first-order valence-electron chi connectivity index (χ1n) is 39.6. The van der Waals surface area contributed by atoms with Gasteiger partial charge < -0.3 is 15.2 Å². The van der Waals surface area contributed by atoms with Crippen LogP contribution in [0.25, 0.3) is 67.6 Å². The summed E-state index contributed by atoms with van der Waals surface area (Å²) >= 11 is 18.8. The van der Waals surface area contributed by atoms with Crippen molar-refractivity contribution in [3.05, 3.63) is 261 Å². The molecule has 644 valence electrons. The number of anilines is 3. The second-order valence-corrected chi connectivity index (χ2v) is 34.7. The molecule has 0 saturated heterocycles. The number of hydrogen-bond acceptors (Lipinski definition) is 23. The standard InChI is InChI=1S/C30H24ClF3N8O3.C30H25ClF2N8O3.C25H16ClF3N8O/c1-30(2,3)45-29(44)38-19-6-5-14(24(32)25(19)33)16-10-21(36-27(16)34)26-15-9-17(15)28-37-20(11-23(43)42(26)28)18-8-13(31)4-7-22(18)41-12-35-39-40-41;1-30(2,3)44-29(43)37-20-6-5-16(25(32)26(20)33)14-8-22(34-12-14)27-17-10-18(17)28-36-21(11-24(42)41(27)28)19-9-15(31)4-7-23(19)40-13-35-38-39-40;26-10-1-4-19(36-9-31-34-35-36)15(5-10)17-8-20(38)37-23(12-6-14(12)25(37)33-17)18-7-13(24(29)32-18)11-2-3-16(30)22(28)21(11)27/h4-8,11-12,15,17,26H,9-10H2,1-3H3,(H,38,44);4-7,9,11-13,17-18,27H,8,10H2,1-3H3,(H,37,43);1-5,8-9,12,14,23H,6-7,30H2/t15-,17+,26-;17-,18+,27-;12-,14+,23-/m000/s1. The highest BCUT2D eigenvalue weighted by atomic mass is 35.5. The van der Waals surface area contributed by atoms with Crippen molar-refractivity contribution in [2.45, 2.75) is 127 Å². The average molecular weight is 1790 g/mol. The molecule has 6 aromatic heterocycles. The number of nitrogens with zero attached hydrogens (tertiary/aromatic N) is 21. The normalized spacial score (nSPS) is 20.5. The number of carbonyl (C=O) groups excluding carboxylic acids is 2. The Kier molecular flexibility index (Phi) is 20.4. The fourth-order valence-electron chi connectivity index (χ4n) is 17.4. The third-order valence-electron chi connectivity index (χ3n) is 23.0. The largest absolute Gasteiger partial charge is 0.444 e. The van der Waals surface area contributed by atoms with Crippen LogP contribution in [0.4, 0.5) is 61.8 Å². The van der Waals surface area contributed by atoms with Crippen LogP contribution in [0.1, 0.15) is 150 Å². The number of amides is 2. The number of fused-ring (bicyclic) bond motifs is 9. The van der Waals surface area contributed by atoms with Crippen LogP contribution in [0, 0.1) is 52.7 Å². The molecule has 0 bridgehead atoms. The van der Waals surface area contributed by atoms with Gasteiger partial charge in [0.05, 0.1) is 69.3 Å². The lowest BCUT2D eigenvalue weighted by atomic mass is 9.97. The number of ether oxygens (including phenoxy) is 2. The zero-order chi connectivity index (χ0) is 89.0. The van der Waals surface area contributed by atoms with Crippen LogP contribution in [0.5, 0.6) is 0 Å². The van der Waals surface area contributed by atoms with Gasteiger partial charge in [-0.05, 0) is 206 Å². The van der Waals surface area contributed by atoms with E-state index in [-0.39, 0.29) is 117 Å². The molecule has 0 spiro atoms. The first kappa shape index (κ1) is 82.6. The van der Waals surface area contributed by atoms with E-state index in [1.54, 1.807) is 101 Å². The van der Waals surface area contributed by atoms with Crippen molar-refractivity contribution in [3.8, 4) is 50.8 Å². The van der Waals surface area contributed by atoms with Gasteiger partial charge in [-0.1, -0.05) is 34.8 Å². The summed E-state index contributed by atoms with van der Waals surface area (Å²) in [6.45, 7) is 9.88. The van der Waals surface area contributed by atoms with Crippen molar-refractivity contribution in [2.24, 2.45) is 32.7 Å². The Morgan fingerprint density at radius 3 is 1.16 bits per heavy atom. The van der Waals surface area contributed by atoms with E-state index >= 15 is 13.2 Å². The number of benzene rings is 6. The molecule has 127 heavy (non-hydrogen) atoms. The molecule has 21 rings (SSSR count). The molecular weight excluding hydrogens is 1730 g/mol. The lowest BCUT2D eigenvalue weighted by Gasteiger charge is -2.20. The molecule has 3 saturated carbocycles. The van der Waals surface area contributed by atoms with E-state index in [1.807, 2.05) is 0 Å². The van der Waals surface area contributed by atoms with E-state index in [2.05, 4.69) is 72.2 Å². The van der Waals surface area contributed by atoms with Crippen LogP contribution in [-0.2, 0) is 9.47 Å². The molecule has 9 atom stereocenters. The SMILES string of the molecule is CC(C)(C)OC(=O)Nc1ccc(C2=C(F)N=C([C@@H]3[C@H]4C[C@H]4c4nc(-c5cc(Cl)ccc5-n5cnnn5)cc(=O)n43)C2)c(F)c1F.CC(C)(C)OC(=O)Nc1ccc(C2=CN=C([C@@H]3[C@H]4C[C@H]4c4nc(-c5cc(Cl)ccc5-n5cnnn5)cc(=O)n43)C2)c(F)c1F.Nc1ccc(C2=C(F)N=C([C@@H]3[C@H]4C[C@H]4c4nc(-c5cc(Cl)ccc5-n5cnnn5)cc(=O)n43)C2)c(F)c1F. The summed E-state index contributed by atoms with van der Waals surface area (Å²) in [5.41, 5.74) is 7.44. The van der Waals surface area contributed by atoms with Crippen molar-refractivity contribution in [3.63, 3.8) is 0 Å². The number of nitrogens with two attached hydrogens (primary N) is 1. The third kappa shape index (κ3) is 15.3. The van der Waals surface area contributed by atoms with Gasteiger partial charge in [0.25, 0.3) is 16.7 Å². The molecular formula is C85H65Cl3F8N24O7. The van der Waals surface area contributed by atoms with Crippen LogP contribution in [0.15, 0.2) is 176 Å². The van der Waals surface area contributed by atoms with Gasteiger partial charge in [-0.3, -0.25) is 43.7 Å². The predicted octanol–water partition coefficient (Wildman–Crippen LogP) is 16.0. The number of carbonyl (C=O) groups is 2. The second-order valence-electron chi connectivity index (χ2n) is 33.4. The molecule has 9 aliphatic rings. The lowest BCUT2D eigenvalue weighted by Crippen LogP contribution is -2.30. The van der Waals surface area contributed by atoms with Crippen molar-refractivity contribution in [2.75, 3.05) is 16.4 Å². The quantitative estimate of drug-likeness (QED) is 0.0517. The van der Waals surface area contributed by atoms with E-state index in [4.69, 9.17) is 65.0 Å². The fraction of sp³-hybridized carbons (Fsp3) is 0.271. The Bertz CT molecular complexity index is 7090. The maximum Gasteiger partial charge on any atom is 0.412 e. The van der Waals surface area contributed by atoms with Crippen molar-refractivity contribution in [1.82, 2.24) is 89.3 Å². The molecule has 0 radical (unpaired) electrons. The number of tetrazole rings is 3. The summed E-state index contributed by atoms with van der Waals surface area (Å²) in [6.07, 6.45) is 6.24. The summed E-state index contributed by atoms with van der Waals surface area (Å²) in [5, 5.41) is 39.7. The molecule has 2 amide bonds. The van der Waals surface area contributed by atoms with Gasteiger partial charge in [0.2, 0.25) is 11.9 Å². The Hall–Kier alpha value is -14.0. The Balaban J connectivity index is 0.000000125. The van der Waals surface area contributed by atoms with E-state index in [9.17, 15) is 45.9 Å². The number of allylic oxidation sites excluding steroid dienone is 3. The molecule has 42 heteroatoms. The molecule has 6 aromatic carbocycles. The first-order chi connectivity index (χ1) is 60.7. The molecule has 3 aliphatic carbocycles. The minimum Gasteiger partial charge on any atom is -0.444 e. The van der Waals surface area contributed by atoms with Crippen molar-refractivity contribution in [1.29, 1.82) is 0 Å². The number of aromatic nitrogens is 18. The smallest absolute Gasteiger partial charge is 0.412 e. The number of nitrogens with one attached hydrogen (secondary N) is 2. The third-order valence-corrected chi connectivity index (χ3v) is 23.7. The zero-order valence-electron chi connectivity index (χ0n) is 67.1. The average Bonchev–Trinajstić information content (AvgIpc) is 1.55. The van der Waals surface area contributed by atoms with Crippen LogP contribution < -0.4 is 33.0 Å². The fourth-order valence-corrected chi connectivity index (χ4v) is 17.9. The van der Waals surface area contributed by atoms with E-state index in [1.165, 1.54) is 96.9 Å². The minimum atomic E-state index is -1.37.